The highest BCUT2D eigenvalue weighted by atomic mass is 79.9. The molecule has 0 aliphatic heterocycles. The monoisotopic (exact) mass is 302 g/mol. The van der Waals surface area contributed by atoms with Crippen molar-refractivity contribution in [1.29, 1.82) is 0 Å². The molecule has 2 rings (SSSR count). The van der Waals surface area contributed by atoms with Crippen LogP contribution in [0.5, 0.6) is 17.2 Å². The number of hydrogen-bond acceptors (Lipinski definition) is 4. The lowest BCUT2D eigenvalue weighted by molar-refractivity contribution is 0.146. The van der Waals surface area contributed by atoms with Gasteiger partial charge in [-0.05, 0) is 28.8 Å². The summed E-state index contributed by atoms with van der Waals surface area (Å²) < 4.78 is 16.5. The van der Waals surface area contributed by atoms with Gasteiger partial charge >= 0.3 is 0 Å². The Balaban J connectivity index is 2.64. The van der Waals surface area contributed by atoms with Crippen molar-refractivity contribution in [3.8, 4) is 17.2 Å². The third kappa shape index (κ3) is 1.98. The summed E-state index contributed by atoms with van der Waals surface area (Å²) in [6.07, 6.45) is 1.47. The molecule has 17 heavy (non-hydrogen) atoms. The van der Waals surface area contributed by atoms with E-state index in [4.69, 9.17) is 14.2 Å². The average molecular weight is 303 g/mol. The highest BCUT2D eigenvalue weighted by Gasteiger charge is 2.47. The Kier molecular flexibility index (Phi) is 3.23. The molecule has 0 aromatic heterocycles. The molecule has 0 radical (unpaired) electrons. The predicted molar refractivity (Wildman–Crippen MR) is 66.9 cm³/mol. The summed E-state index contributed by atoms with van der Waals surface area (Å²) in [5, 5.41) is 10.3. The van der Waals surface area contributed by atoms with E-state index in [9.17, 15) is 5.11 Å². The molecule has 94 valence electrons. The van der Waals surface area contributed by atoms with Gasteiger partial charge in [-0.3, -0.25) is 0 Å². The van der Waals surface area contributed by atoms with Crippen LogP contribution in [0.4, 0.5) is 0 Å². The van der Waals surface area contributed by atoms with Gasteiger partial charge in [-0.15, -0.1) is 0 Å². The first-order valence-corrected chi connectivity index (χ1v) is 6.08. The van der Waals surface area contributed by atoms with Crippen molar-refractivity contribution in [3.05, 3.63) is 16.1 Å². The first-order chi connectivity index (χ1) is 8.07. The van der Waals surface area contributed by atoms with Gasteiger partial charge in [-0.1, -0.05) is 0 Å². The maximum Gasteiger partial charge on any atom is 0.175 e. The third-order valence-corrected chi connectivity index (χ3v) is 3.74. The van der Waals surface area contributed by atoms with E-state index < -0.39 is 5.60 Å². The van der Waals surface area contributed by atoms with E-state index in [1.807, 2.05) is 0 Å². The van der Waals surface area contributed by atoms with Crippen LogP contribution < -0.4 is 14.2 Å². The van der Waals surface area contributed by atoms with E-state index >= 15 is 0 Å². The molecular weight excluding hydrogens is 288 g/mol. The average Bonchev–Trinajstić information content (AvgIpc) is 3.06. The van der Waals surface area contributed by atoms with Crippen molar-refractivity contribution in [2.75, 3.05) is 21.3 Å². The number of ether oxygens (including phenoxy) is 3. The first-order valence-electron chi connectivity index (χ1n) is 5.28. The summed E-state index contributed by atoms with van der Waals surface area (Å²) in [4.78, 5) is 0. The number of rotatable bonds is 4. The van der Waals surface area contributed by atoms with Crippen molar-refractivity contribution >= 4 is 15.9 Å². The third-order valence-electron chi connectivity index (χ3n) is 2.98. The number of methoxy groups -OCH3 is 3. The smallest absolute Gasteiger partial charge is 0.175 e. The first kappa shape index (κ1) is 12.5. The minimum atomic E-state index is -0.802. The zero-order chi connectivity index (χ0) is 12.6. The van der Waals surface area contributed by atoms with Crippen LogP contribution in [0.15, 0.2) is 10.5 Å². The second-order valence-corrected chi connectivity index (χ2v) is 4.83. The Bertz CT molecular complexity index is 441. The van der Waals surface area contributed by atoms with Gasteiger partial charge in [0.1, 0.15) is 5.75 Å². The largest absolute Gasteiger partial charge is 0.496 e. The van der Waals surface area contributed by atoms with Crippen molar-refractivity contribution in [3.63, 3.8) is 0 Å². The van der Waals surface area contributed by atoms with E-state index in [-0.39, 0.29) is 0 Å². The Hall–Kier alpha value is -0.940. The Labute approximate surface area is 109 Å². The van der Waals surface area contributed by atoms with Gasteiger partial charge in [0, 0.05) is 11.6 Å². The number of hydrogen-bond donors (Lipinski definition) is 1. The van der Waals surface area contributed by atoms with Gasteiger partial charge in [0.25, 0.3) is 0 Å². The summed E-state index contributed by atoms with van der Waals surface area (Å²) in [6, 6.07) is 1.73. The standard InChI is InChI=1S/C12H15BrO4/c1-15-7-6-8(16-2)11(17-3)10(13)9(7)12(14)4-5-12/h6,14H,4-5H2,1-3H3. The molecular formula is C12H15BrO4. The molecule has 1 aliphatic carbocycles. The Morgan fingerprint density at radius 3 is 2.12 bits per heavy atom. The van der Waals surface area contributed by atoms with Crippen LogP contribution in [0.3, 0.4) is 0 Å². The molecule has 0 bridgehead atoms. The lowest BCUT2D eigenvalue weighted by atomic mass is 10.1. The number of benzene rings is 1. The minimum Gasteiger partial charge on any atom is -0.496 e. The minimum absolute atomic E-state index is 0.573. The van der Waals surface area contributed by atoms with Crippen LogP contribution in [0, 0.1) is 0 Å². The zero-order valence-electron chi connectivity index (χ0n) is 10.0. The topological polar surface area (TPSA) is 47.9 Å². The van der Waals surface area contributed by atoms with Gasteiger partial charge in [0.2, 0.25) is 0 Å². The van der Waals surface area contributed by atoms with E-state index in [0.29, 0.717) is 21.7 Å². The SMILES string of the molecule is COc1cc(OC)c(C2(O)CC2)c(Br)c1OC. The molecule has 1 aromatic carbocycles. The normalized spacial score (nSPS) is 16.5. The zero-order valence-corrected chi connectivity index (χ0v) is 11.6. The van der Waals surface area contributed by atoms with Gasteiger partial charge in [-0.25, -0.2) is 0 Å². The summed E-state index contributed by atoms with van der Waals surface area (Å²) in [5.74, 6) is 1.75. The van der Waals surface area contributed by atoms with Gasteiger partial charge < -0.3 is 19.3 Å². The van der Waals surface area contributed by atoms with Gasteiger partial charge in [-0.2, -0.15) is 0 Å². The predicted octanol–water partition coefficient (Wildman–Crippen LogP) is 2.46. The van der Waals surface area contributed by atoms with Crippen LogP contribution in [-0.4, -0.2) is 26.4 Å². The van der Waals surface area contributed by atoms with E-state index in [1.54, 1.807) is 27.4 Å². The summed E-state index contributed by atoms with van der Waals surface area (Å²) >= 11 is 3.46. The molecule has 0 spiro atoms. The van der Waals surface area contributed by atoms with Crippen LogP contribution >= 0.6 is 15.9 Å². The molecule has 0 unspecified atom stereocenters. The second kappa shape index (κ2) is 4.38. The number of halogens is 1. The molecule has 0 saturated heterocycles. The maximum atomic E-state index is 10.3. The van der Waals surface area contributed by atoms with Crippen molar-refractivity contribution in [1.82, 2.24) is 0 Å². The quantitative estimate of drug-likeness (QED) is 0.928. The van der Waals surface area contributed by atoms with E-state index in [2.05, 4.69) is 15.9 Å². The van der Waals surface area contributed by atoms with Crippen molar-refractivity contribution in [2.24, 2.45) is 0 Å². The molecule has 5 heteroatoms. The number of aliphatic hydroxyl groups is 1. The Morgan fingerprint density at radius 2 is 1.71 bits per heavy atom. The van der Waals surface area contributed by atoms with Crippen molar-refractivity contribution < 1.29 is 19.3 Å². The van der Waals surface area contributed by atoms with Crippen LogP contribution in [0.2, 0.25) is 0 Å². The summed E-state index contributed by atoms with van der Waals surface area (Å²) in [6.45, 7) is 0. The van der Waals surface area contributed by atoms with Crippen LogP contribution in [-0.2, 0) is 5.60 Å². The van der Waals surface area contributed by atoms with Crippen molar-refractivity contribution in [2.45, 2.75) is 18.4 Å². The van der Waals surface area contributed by atoms with E-state index in [1.165, 1.54) is 0 Å². The van der Waals surface area contributed by atoms with Gasteiger partial charge in [0.05, 0.1) is 31.4 Å². The molecule has 0 heterocycles. The molecule has 1 aliphatic rings. The highest BCUT2D eigenvalue weighted by Crippen LogP contribution is 2.55. The highest BCUT2D eigenvalue weighted by molar-refractivity contribution is 9.10. The second-order valence-electron chi connectivity index (χ2n) is 4.03. The van der Waals surface area contributed by atoms with Crippen LogP contribution in [0.1, 0.15) is 18.4 Å². The molecule has 1 saturated carbocycles. The maximum absolute atomic E-state index is 10.3. The summed E-state index contributed by atoms with van der Waals surface area (Å²) in [7, 11) is 4.70. The fourth-order valence-corrected chi connectivity index (χ4v) is 2.81. The van der Waals surface area contributed by atoms with Gasteiger partial charge in [0.15, 0.2) is 11.5 Å². The van der Waals surface area contributed by atoms with Crippen LogP contribution in [0.25, 0.3) is 0 Å². The fourth-order valence-electron chi connectivity index (χ4n) is 1.89. The molecule has 0 amide bonds. The fraction of sp³-hybridized carbons (Fsp3) is 0.500. The lowest BCUT2D eigenvalue weighted by Crippen LogP contribution is -2.09. The molecule has 4 nitrogen and oxygen atoms in total. The molecule has 1 aromatic rings. The molecule has 0 atom stereocenters. The molecule has 1 N–H and O–H groups in total. The Morgan fingerprint density at radius 1 is 1.12 bits per heavy atom. The lowest BCUT2D eigenvalue weighted by Gasteiger charge is -2.19. The molecule has 1 fully saturated rings. The summed E-state index contributed by atoms with van der Waals surface area (Å²) in [5.41, 5.74) is -0.0679. The van der Waals surface area contributed by atoms with E-state index in [0.717, 1.165) is 18.4 Å².